The number of benzene rings is 1. The lowest BCUT2D eigenvalue weighted by atomic mass is 10.1. The van der Waals surface area contributed by atoms with Crippen LogP contribution >= 0.6 is 11.3 Å². The molecule has 1 amide bonds. The molecule has 0 radical (unpaired) electrons. The highest BCUT2D eigenvalue weighted by atomic mass is 32.1. The van der Waals surface area contributed by atoms with Crippen molar-refractivity contribution in [3.8, 4) is 0 Å². The summed E-state index contributed by atoms with van der Waals surface area (Å²) < 4.78 is 0. The van der Waals surface area contributed by atoms with Crippen molar-refractivity contribution in [2.24, 2.45) is 0 Å². The van der Waals surface area contributed by atoms with Crippen LogP contribution in [-0.4, -0.2) is 17.0 Å². The number of amides is 1. The Morgan fingerprint density at radius 3 is 2.47 bits per heavy atom. The summed E-state index contributed by atoms with van der Waals surface area (Å²) >= 11 is 1.47. The second-order valence-electron chi connectivity index (χ2n) is 4.01. The predicted octanol–water partition coefficient (Wildman–Crippen LogP) is 2.23. The van der Waals surface area contributed by atoms with Crippen LogP contribution in [0.2, 0.25) is 0 Å². The zero-order valence-corrected chi connectivity index (χ0v) is 10.9. The smallest absolute Gasteiger partial charge is 0.330 e. The average molecular weight is 275 g/mol. The number of hydrogen-bond acceptors (Lipinski definition) is 3. The lowest BCUT2D eigenvalue weighted by molar-refractivity contribution is -0.141. The molecule has 0 aliphatic rings. The van der Waals surface area contributed by atoms with E-state index >= 15 is 0 Å². The zero-order chi connectivity index (χ0) is 13.7. The van der Waals surface area contributed by atoms with Gasteiger partial charge in [-0.2, -0.15) is 0 Å². The van der Waals surface area contributed by atoms with Gasteiger partial charge in [-0.05, 0) is 17.0 Å². The monoisotopic (exact) mass is 275 g/mol. The first kappa shape index (κ1) is 13.3. The number of carbonyl (C=O) groups is 2. The van der Waals surface area contributed by atoms with E-state index in [-0.39, 0.29) is 12.3 Å². The molecule has 1 atom stereocenters. The van der Waals surface area contributed by atoms with Crippen molar-refractivity contribution >= 4 is 23.2 Å². The van der Waals surface area contributed by atoms with E-state index in [1.54, 1.807) is 30.3 Å². The zero-order valence-electron chi connectivity index (χ0n) is 10.1. The molecule has 0 bridgehead atoms. The van der Waals surface area contributed by atoms with Gasteiger partial charge in [0.1, 0.15) is 0 Å². The van der Waals surface area contributed by atoms with Crippen molar-refractivity contribution in [2.45, 2.75) is 12.5 Å². The topological polar surface area (TPSA) is 66.4 Å². The summed E-state index contributed by atoms with van der Waals surface area (Å²) in [5.41, 5.74) is 0.564. The lowest BCUT2D eigenvalue weighted by Gasteiger charge is -2.14. The maximum Gasteiger partial charge on any atom is 0.330 e. The minimum atomic E-state index is -1.06. The van der Waals surface area contributed by atoms with E-state index in [0.29, 0.717) is 5.56 Å². The van der Waals surface area contributed by atoms with Crippen LogP contribution in [0.1, 0.15) is 16.5 Å². The molecule has 5 heteroatoms. The molecule has 98 valence electrons. The van der Waals surface area contributed by atoms with Crippen LogP contribution in [0.5, 0.6) is 0 Å². The van der Waals surface area contributed by atoms with Crippen LogP contribution in [0, 0.1) is 0 Å². The first-order valence-corrected chi connectivity index (χ1v) is 6.64. The SMILES string of the molecule is O=C(Cc1cccs1)NC(C(=O)O)c1ccccc1. The van der Waals surface area contributed by atoms with Crippen molar-refractivity contribution in [1.82, 2.24) is 5.32 Å². The first-order valence-electron chi connectivity index (χ1n) is 5.76. The van der Waals surface area contributed by atoms with Crippen LogP contribution in [-0.2, 0) is 16.0 Å². The Morgan fingerprint density at radius 1 is 1.16 bits per heavy atom. The molecule has 4 nitrogen and oxygen atoms in total. The fraction of sp³-hybridized carbons (Fsp3) is 0.143. The van der Waals surface area contributed by atoms with Gasteiger partial charge in [0.2, 0.25) is 5.91 Å². The van der Waals surface area contributed by atoms with Gasteiger partial charge in [-0.3, -0.25) is 4.79 Å². The molecule has 0 saturated carbocycles. The van der Waals surface area contributed by atoms with E-state index in [9.17, 15) is 14.7 Å². The van der Waals surface area contributed by atoms with Gasteiger partial charge >= 0.3 is 5.97 Å². The molecule has 0 aliphatic carbocycles. The van der Waals surface area contributed by atoms with Gasteiger partial charge in [-0.15, -0.1) is 11.3 Å². The number of thiophene rings is 1. The van der Waals surface area contributed by atoms with Crippen molar-refractivity contribution in [2.75, 3.05) is 0 Å². The fourth-order valence-corrected chi connectivity index (χ4v) is 2.42. The van der Waals surface area contributed by atoms with E-state index in [0.717, 1.165) is 4.88 Å². The molecule has 1 aromatic carbocycles. The summed E-state index contributed by atoms with van der Waals surface area (Å²) in [5.74, 6) is -1.36. The van der Waals surface area contributed by atoms with E-state index in [1.807, 2.05) is 17.5 Å². The normalized spacial score (nSPS) is 11.8. The Hall–Kier alpha value is -2.14. The van der Waals surface area contributed by atoms with Gasteiger partial charge < -0.3 is 10.4 Å². The maximum absolute atomic E-state index is 11.8. The molecule has 0 fully saturated rings. The Bertz CT molecular complexity index is 551. The van der Waals surface area contributed by atoms with Gasteiger partial charge in [0.15, 0.2) is 6.04 Å². The minimum Gasteiger partial charge on any atom is -0.479 e. The molecule has 1 unspecified atom stereocenters. The van der Waals surface area contributed by atoms with E-state index in [1.165, 1.54) is 11.3 Å². The fourth-order valence-electron chi connectivity index (χ4n) is 1.72. The van der Waals surface area contributed by atoms with Crippen molar-refractivity contribution in [3.63, 3.8) is 0 Å². The largest absolute Gasteiger partial charge is 0.479 e. The highest BCUT2D eigenvalue weighted by molar-refractivity contribution is 7.10. The van der Waals surface area contributed by atoms with Gasteiger partial charge in [-0.1, -0.05) is 36.4 Å². The van der Waals surface area contributed by atoms with Crippen molar-refractivity contribution in [1.29, 1.82) is 0 Å². The number of nitrogens with one attached hydrogen (secondary N) is 1. The third-order valence-electron chi connectivity index (χ3n) is 2.60. The second kappa shape index (κ2) is 6.15. The van der Waals surface area contributed by atoms with Crippen LogP contribution in [0.3, 0.4) is 0 Å². The molecule has 0 spiro atoms. The van der Waals surface area contributed by atoms with Crippen molar-refractivity contribution < 1.29 is 14.7 Å². The number of carboxylic acids is 1. The van der Waals surface area contributed by atoms with Gasteiger partial charge in [0.05, 0.1) is 6.42 Å². The highest BCUT2D eigenvalue weighted by Crippen LogP contribution is 2.14. The summed E-state index contributed by atoms with van der Waals surface area (Å²) in [5, 5.41) is 13.6. The molecule has 2 rings (SSSR count). The molecule has 1 aromatic heterocycles. The Morgan fingerprint density at radius 2 is 1.89 bits per heavy atom. The summed E-state index contributed by atoms with van der Waals surface area (Å²) in [6.45, 7) is 0. The van der Waals surface area contributed by atoms with E-state index < -0.39 is 12.0 Å². The Balaban J connectivity index is 2.05. The first-order chi connectivity index (χ1) is 9.16. The third-order valence-corrected chi connectivity index (χ3v) is 3.48. The summed E-state index contributed by atoms with van der Waals surface area (Å²) in [4.78, 5) is 24.0. The van der Waals surface area contributed by atoms with Crippen molar-refractivity contribution in [3.05, 3.63) is 58.3 Å². The maximum atomic E-state index is 11.8. The number of rotatable bonds is 5. The van der Waals surface area contributed by atoms with Gasteiger partial charge in [-0.25, -0.2) is 4.79 Å². The standard InChI is InChI=1S/C14H13NO3S/c16-12(9-11-7-4-8-19-11)15-13(14(17)18)10-5-2-1-3-6-10/h1-8,13H,9H2,(H,15,16)(H,17,18). The Kier molecular flexibility index (Phi) is 4.30. The molecule has 2 N–H and O–H groups in total. The summed E-state index contributed by atoms with van der Waals surface area (Å²) in [6, 6.07) is 11.4. The molecular weight excluding hydrogens is 262 g/mol. The van der Waals surface area contributed by atoms with Crippen LogP contribution in [0.15, 0.2) is 47.8 Å². The number of aliphatic carboxylic acids is 1. The van der Waals surface area contributed by atoms with Crippen LogP contribution in [0.25, 0.3) is 0 Å². The number of hydrogen-bond donors (Lipinski definition) is 2. The highest BCUT2D eigenvalue weighted by Gasteiger charge is 2.21. The molecule has 0 saturated heterocycles. The summed E-state index contributed by atoms with van der Waals surface area (Å²) in [6.07, 6.45) is 0.203. The predicted molar refractivity (Wildman–Crippen MR) is 73.0 cm³/mol. The minimum absolute atomic E-state index is 0.203. The van der Waals surface area contributed by atoms with E-state index in [2.05, 4.69) is 5.32 Å². The third kappa shape index (κ3) is 3.66. The molecule has 19 heavy (non-hydrogen) atoms. The van der Waals surface area contributed by atoms with Gasteiger partial charge in [0.25, 0.3) is 0 Å². The quantitative estimate of drug-likeness (QED) is 0.879. The number of carboxylic acid groups (broad SMARTS) is 1. The second-order valence-corrected chi connectivity index (χ2v) is 5.04. The summed E-state index contributed by atoms with van der Waals surface area (Å²) in [7, 11) is 0. The Labute approximate surface area is 114 Å². The van der Waals surface area contributed by atoms with Crippen LogP contribution in [0.4, 0.5) is 0 Å². The molecule has 0 aliphatic heterocycles. The lowest BCUT2D eigenvalue weighted by Crippen LogP contribution is -2.34. The molecule has 1 heterocycles. The van der Waals surface area contributed by atoms with E-state index in [4.69, 9.17) is 0 Å². The molecular formula is C14H13NO3S. The average Bonchev–Trinajstić information content (AvgIpc) is 2.89. The van der Waals surface area contributed by atoms with Gasteiger partial charge in [0, 0.05) is 4.88 Å². The number of carbonyl (C=O) groups excluding carboxylic acids is 1. The van der Waals surface area contributed by atoms with Crippen LogP contribution < -0.4 is 5.32 Å². The molecule has 2 aromatic rings.